The first-order valence-electron chi connectivity index (χ1n) is 8.05. The standard InChI is InChI=1S/C19H17N3O3/c1-3-25-14-7-5-13(6-8-14)21-18(23)17-11-20-15-10-12(2)4-9-16(15)22(17)19(21)24/h4-11,23H,3H2,1-2H3. The van der Waals surface area contributed by atoms with Gasteiger partial charge in [0.2, 0.25) is 5.88 Å². The molecule has 6 heteroatoms. The predicted molar refractivity (Wildman–Crippen MR) is 95.9 cm³/mol. The molecule has 126 valence electrons. The van der Waals surface area contributed by atoms with Crippen LogP contribution in [0, 0.1) is 6.92 Å². The summed E-state index contributed by atoms with van der Waals surface area (Å²) in [5.41, 5.74) is 3.02. The van der Waals surface area contributed by atoms with Crippen LogP contribution < -0.4 is 10.4 Å². The van der Waals surface area contributed by atoms with Gasteiger partial charge in [-0.2, -0.15) is 0 Å². The highest BCUT2D eigenvalue weighted by Crippen LogP contribution is 2.25. The van der Waals surface area contributed by atoms with Crippen LogP contribution in [0.4, 0.5) is 0 Å². The summed E-state index contributed by atoms with van der Waals surface area (Å²) in [4.78, 5) is 17.3. The summed E-state index contributed by atoms with van der Waals surface area (Å²) >= 11 is 0. The monoisotopic (exact) mass is 335 g/mol. The molecule has 0 radical (unpaired) electrons. The van der Waals surface area contributed by atoms with Crippen LogP contribution in [-0.4, -0.2) is 25.7 Å². The molecule has 0 saturated carbocycles. The highest BCUT2D eigenvalue weighted by Gasteiger charge is 2.17. The Balaban J connectivity index is 1.99. The van der Waals surface area contributed by atoms with E-state index in [-0.39, 0.29) is 11.6 Å². The number of hydrogen-bond acceptors (Lipinski definition) is 4. The van der Waals surface area contributed by atoms with Gasteiger partial charge in [-0.15, -0.1) is 0 Å². The van der Waals surface area contributed by atoms with Crippen molar-refractivity contribution in [3.05, 3.63) is 64.7 Å². The second-order valence-electron chi connectivity index (χ2n) is 5.84. The van der Waals surface area contributed by atoms with Crippen LogP contribution in [0.3, 0.4) is 0 Å². The highest BCUT2D eigenvalue weighted by molar-refractivity contribution is 5.80. The lowest BCUT2D eigenvalue weighted by molar-refractivity contribution is 0.340. The van der Waals surface area contributed by atoms with Crippen molar-refractivity contribution in [2.45, 2.75) is 13.8 Å². The summed E-state index contributed by atoms with van der Waals surface area (Å²) in [5, 5.41) is 10.6. The van der Waals surface area contributed by atoms with E-state index in [0.717, 1.165) is 5.56 Å². The van der Waals surface area contributed by atoms with E-state index in [9.17, 15) is 9.90 Å². The number of benzene rings is 2. The van der Waals surface area contributed by atoms with Gasteiger partial charge in [-0.3, -0.25) is 9.38 Å². The van der Waals surface area contributed by atoms with Gasteiger partial charge >= 0.3 is 5.69 Å². The predicted octanol–water partition coefficient (Wildman–Crippen LogP) is 3.05. The molecule has 1 N–H and O–H groups in total. The van der Waals surface area contributed by atoms with Crippen molar-refractivity contribution in [1.82, 2.24) is 14.0 Å². The lowest BCUT2D eigenvalue weighted by Crippen LogP contribution is -2.19. The molecule has 2 aromatic carbocycles. The molecule has 0 saturated heterocycles. The number of ether oxygens (including phenoxy) is 1. The van der Waals surface area contributed by atoms with Crippen molar-refractivity contribution in [1.29, 1.82) is 0 Å². The zero-order valence-corrected chi connectivity index (χ0v) is 13.9. The fraction of sp³-hybridized carbons (Fsp3) is 0.158. The lowest BCUT2D eigenvalue weighted by atomic mass is 10.2. The van der Waals surface area contributed by atoms with Crippen LogP contribution in [0.1, 0.15) is 12.5 Å². The average Bonchev–Trinajstić information content (AvgIpc) is 2.87. The maximum Gasteiger partial charge on any atom is 0.340 e. The first kappa shape index (κ1) is 15.3. The fourth-order valence-corrected chi connectivity index (χ4v) is 3.00. The molecular formula is C19H17N3O3. The van der Waals surface area contributed by atoms with E-state index in [1.807, 2.05) is 32.0 Å². The molecule has 0 bridgehead atoms. The van der Waals surface area contributed by atoms with Crippen LogP contribution in [0.5, 0.6) is 11.6 Å². The van der Waals surface area contributed by atoms with Gasteiger partial charge < -0.3 is 9.84 Å². The Morgan fingerprint density at radius 3 is 2.60 bits per heavy atom. The quantitative estimate of drug-likeness (QED) is 0.625. The summed E-state index contributed by atoms with van der Waals surface area (Å²) in [6, 6.07) is 12.7. The Hall–Kier alpha value is -3.28. The Morgan fingerprint density at radius 1 is 1.12 bits per heavy atom. The molecule has 0 aliphatic carbocycles. The zero-order valence-electron chi connectivity index (χ0n) is 13.9. The maximum absolute atomic E-state index is 13.0. The third-order valence-electron chi connectivity index (χ3n) is 4.17. The van der Waals surface area contributed by atoms with Gasteiger partial charge in [0.15, 0.2) is 0 Å². The molecule has 0 aliphatic rings. The number of aromatic hydroxyl groups is 1. The molecule has 0 fully saturated rings. The number of imidazole rings is 1. The third kappa shape index (κ3) is 2.34. The molecule has 0 amide bonds. The summed E-state index contributed by atoms with van der Waals surface area (Å²) in [7, 11) is 0. The van der Waals surface area contributed by atoms with Crippen LogP contribution in [-0.2, 0) is 0 Å². The van der Waals surface area contributed by atoms with Gasteiger partial charge in [0.05, 0.1) is 29.5 Å². The first-order chi connectivity index (χ1) is 12.1. The van der Waals surface area contributed by atoms with Crippen LogP contribution in [0.15, 0.2) is 53.5 Å². The van der Waals surface area contributed by atoms with E-state index in [0.29, 0.717) is 34.6 Å². The minimum absolute atomic E-state index is 0.135. The van der Waals surface area contributed by atoms with E-state index in [2.05, 4.69) is 4.98 Å². The van der Waals surface area contributed by atoms with Gasteiger partial charge in [0.1, 0.15) is 11.3 Å². The normalized spacial score (nSPS) is 11.3. The summed E-state index contributed by atoms with van der Waals surface area (Å²) in [6.07, 6.45) is 1.52. The first-order valence-corrected chi connectivity index (χ1v) is 8.05. The van der Waals surface area contributed by atoms with Gasteiger partial charge in [-0.25, -0.2) is 9.36 Å². The molecular weight excluding hydrogens is 318 g/mol. The maximum atomic E-state index is 13.0. The Labute approximate surface area is 143 Å². The number of fused-ring (bicyclic) bond motifs is 3. The molecule has 6 nitrogen and oxygen atoms in total. The minimum atomic E-state index is -0.340. The van der Waals surface area contributed by atoms with E-state index < -0.39 is 0 Å². The molecule has 0 atom stereocenters. The Kier molecular flexibility index (Phi) is 3.46. The van der Waals surface area contributed by atoms with Gasteiger partial charge in [-0.05, 0) is 55.8 Å². The Bertz CT molecular complexity index is 1140. The largest absolute Gasteiger partial charge is 0.494 e. The summed E-state index contributed by atoms with van der Waals surface area (Å²) < 4.78 is 8.17. The molecule has 2 heterocycles. The van der Waals surface area contributed by atoms with Gasteiger partial charge in [0, 0.05) is 0 Å². The van der Waals surface area contributed by atoms with Crippen molar-refractivity contribution < 1.29 is 9.84 Å². The topological polar surface area (TPSA) is 68.8 Å². The van der Waals surface area contributed by atoms with Crippen molar-refractivity contribution >= 4 is 16.6 Å². The molecule has 25 heavy (non-hydrogen) atoms. The molecule has 4 aromatic rings. The molecule has 0 unspecified atom stereocenters. The smallest absolute Gasteiger partial charge is 0.340 e. The van der Waals surface area contributed by atoms with Crippen LogP contribution in [0.2, 0.25) is 0 Å². The van der Waals surface area contributed by atoms with Crippen LogP contribution in [0.25, 0.3) is 22.2 Å². The summed E-state index contributed by atoms with van der Waals surface area (Å²) in [5.74, 6) is 0.578. The number of aromatic nitrogens is 3. The van der Waals surface area contributed by atoms with E-state index in [4.69, 9.17) is 4.74 Å². The van der Waals surface area contributed by atoms with E-state index >= 15 is 0 Å². The molecule has 2 aromatic heterocycles. The van der Waals surface area contributed by atoms with Crippen molar-refractivity contribution in [3.63, 3.8) is 0 Å². The van der Waals surface area contributed by atoms with Gasteiger partial charge in [-0.1, -0.05) is 6.07 Å². The average molecular weight is 335 g/mol. The SMILES string of the molecule is CCOc1ccc(-n2c(O)c3cnc4cc(C)ccc4n3c2=O)cc1. The van der Waals surface area contributed by atoms with Crippen molar-refractivity contribution in [3.8, 4) is 17.3 Å². The van der Waals surface area contributed by atoms with Crippen molar-refractivity contribution in [2.75, 3.05) is 6.61 Å². The van der Waals surface area contributed by atoms with E-state index in [1.54, 1.807) is 24.3 Å². The fourth-order valence-electron chi connectivity index (χ4n) is 3.00. The second-order valence-corrected chi connectivity index (χ2v) is 5.84. The minimum Gasteiger partial charge on any atom is -0.494 e. The van der Waals surface area contributed by atoms with Crippen LogP contribution >= 0.6 is 0 Å². The van der Waals surface area contributed by atoms with E-state index in [1.165, 1.54) is 15.2 Å². The number of hydrogen-bond donors (Lipinski definition) is 1. The number of rotatable bonds is 3. The number of nitrogens with zero attached hydrogens (tertiary/aromatic N) is 3. The summed E-state index contributed by atoms with van der Waals surface area (Å²) in [6.45, 7) is 4.44. The zero-order chi connectivity index (χ0) is 17.6. The highest BCUT2D eigenvalue weighted by atomic mass is 16.5. The molecule has 0 aliphatic heterocycles. The molecule has 0 spiro atoms. The third-order valence-corrected chi connectivity index (χ3v) is 4.17. The second kappa shape index (κ2) is 5.66. The van der Waals surface area contributed by atoms with Gasteiger partial charge in [0.25, 0.3) is 0 Å². The Morgan fingerprint density at radius 2 is 1.88 bits per heavy atom. The lowest BCUT2D eigenvalue weighted by Gasteiger charge is -2.05. The number of aryl methyl sites for hydroxylation is 1. The molecule has 4 rings (SSSR count). The van der Waals surface area contributed by atoms with Crippen molar-refractivity contribution in [2.24, 2.45) is 0 Å².